The van der Waals surface area contributed by atoms with Crippen molar-refractivity contribution in [1.29, 1.82) is 0 Å². The van der Waals surface area contributed by atoms with Gasteiger partial charge in [-0.1, -0.05) is 74.5 Å². The number of ether oxygens (including phenoxy) is 6. The van der Waals surface area contributed by atoms with E-state index in [2.05, 4.69) is 10.6 Å². The number of rotatable bonds is 10. The summed E-state index contributed by atoms with van der Waals surface area (Å²) in [7, 11) is 0. The Morgan fingerprint density at radius 1 is 0.560 bits per heavy atom. The molecule has 14 heteroatoms. The molecular formula is C36H52N4O10. The van der Waals surface area contributed by atoms with Crippen LogP contribution < -0.4 is 10.6 Å². The second-order valence-corrected chi connectivity index (χ2v) is 11.4. The molecule has 2 atom stereocenters. The first-order valence-electron chi connectivity index (χ1n) is 17.2. The molecule has 1 aliphatic heterocycles. The van der Waals surface area contributed by atoms with E-state index in [-0.39, 0.29) is 104 Å². The third kappa shape index (κ3) is 15.5. The Kier molecular flexibility index (Phi) is 19.3. The average molecular weight is 701 g/mol. The fraction of sp³-hybridized carbons (Fsp3) is 0.556. The summed E-state index contributed by atoms with van der Waals surface area (Å²) in [6.07, 6.45) is -0.571. The molecule has 2 N–H and O–H groups in total. The standard InChI is InChI=1S/C36H52N4O10/c1-3-31(37-35(43)49-27-29-11-7-5-8-12-29)33(41)39-15-19-45-23-25-47-21-17-40(18-22-48-26-24-46-20-16-39)34(42)32(4-2)38-36(44)50-28-30-13-9-6-10-14-30/h5-14,31-32H,3-4,15-28H2,1-2H3,(H,37,43)(H,38,44). The largest absolute Gasteiger partial charge is 0.445 e. The van der Waals surface area contributed by atoms with Crippen LogP contribution in [0.15, 0.2) is 60.7 Å². The third-order valence-electron chi connectivity index (χ3n) is 7.81. The molecule has 2 aromatic carbocycles. The number of benzene rings is 2. The highest BCUT2D eigenvalue weighted by molar-refractivity contribution is 5.86. The molecular weight excluding hydrogens is 648 g/mol. The van der Waals surface area contributed by atoms with E-state index in [0.29, 0.717) is 12.8 Å². The number of alkyl carbamates (subject to hydrolysis) is 2. The summed E-state index contributed by atoms with van der Waals surface area (Å²) in [5.41, 5.74) is 1.69. The molecule has 2 aromatic rings. The van der Waals surface area contributed by atoms with Crippen LogP contribution in [0.2, 0.25) is 0 Å². The molecule has 276 valence electrons. The first-order chi connectivity index (χ1) is 24.4. The van der Waals surface area contributed by atoms with Crippen molar-refractivity contribution in [3.05, 3.63) is 71.8 Å². The molecule has 3 rings (SSSR count). The number of hydrogen-bond acceptors (Lipinski definition) is 10. The summed E-state index contributed by atoms with van der Waals surface area (Å²) in [6.45, 7) is 7.13. The van der Waals surface area contributed by atoms with E-state index >= 15 is 0 Å². The monoisotopic (exact) mass is 700 g/mol. The van der Waals surface area contributed by atoms with Crippen LogP contribution in [0.1, 0.15) is 37.8 Å². The number of hydrogen-bond donors (Lipinski definition) is 2. The summed E-state index contributed by atoms with van der Waals surface area (Å²) >= 11 is 0. The van der Waals surface area contributed by atoms with Gasteiger partial charge in [0.1, 0.15) is 25.3 Å². The molecule has 14 nitrogen and oxygen atoms in total. The van der Waals surface area contributed by atoms with Crippen LogP contribution in [-0.2, 0) is 51.2 Å². The second kappa shape index (κ2) is 24.0. The minimum Gasteiger partial charge on any atom is -0.445 e. The molecule has 1 saturated heterocycles. The van der Waals surface area contributed by atoms with E-state index in [1.165, 1.54) is 0 Å². The average Bonchev–Trinajstić information content (AvgIpc) is 3.14. The number of nitrogens with zero attached hydrogens (tertiary/aromatic N) is 2. The Bertz CT molecular complexity index is 1150. The third-order valence-corrected chi connectivity index (χ3v) is 7.81. The number of amides is 4. The fourth-order valence-corrected chi connectivity index (χ4v) is 4.94. The van der Waals surface area contributed by atoms with Crippen molar-refractivity contribution in [2.75, 3.05) is 79.0 Å². The zero-order chi connectivity index (χ0) is 35.8. The summed E-state index contributed by atoms with van der Waals surface area (Å²) in [5.74, 6) is -0.514. The zero-order valence-electron chi connectivity index (χ0n) is 29.2. The van der Waals surface area contributed by atoms with Gasteiger partial charge in [-0.05, 0) is 24.0 Å². The van der Waals surface area contributed by atoms with Gasteiger partial charge < -0.3 is 48.9 Å². The maximum absolute atomic E-state index is 13.4. The Hall–Kier alpha value is -4.24. The lowest BCUT2D eigenvalue weighted by atomic mass is 10.2. The normalized spacial score (nSPS) is 16.9. The van der Waals surface area contributed by atoms with Crippen molar-refractivity contribution < 1.29 is 47.6 Å². The maximum atomic E-state index is 13.4. The van der Waals surface area contributed by atoms with Gasteiger partial charge in [-0.3, -0.25) is 9.59 Å². The van der Waals surface area contributed by atoms with Gasteiger partial charge in [0.25, 0.3) is 0 Å². The summed E-state index contributed by atoms with van der Waals surface area (Å²) in [6, 6.07) is 17.1. The lowest BCUT2D eigenvalue weighted by Gasteiger charge is -2.28. The second-order valence-electron chi connectivity index (χ2n) is 11.4. The van der Waals surface area contributed by atoms with Gasteiger partial charge in [0.05, 0.1) is 52.9 Å². The van der Waals surface area contributed by atoms with Crippen LogP contribution in [0.3, 0.4) is 0 Å². The van der Waals surface area contributed by atoms with Crippen molar-refractivity contribution in [2.24, 2.45) is 0 Å². The van der Waals surface area contributed by atoms with Crippen LogP contribution >= 0.6 is 0 Å². The van der Waals surface area contributed by atoms with Gasteiger partial charge in [-0.15, -0.1) is 0 Å². The molecule has 1 aliphatic rings. The summed E-state index contributed by atoms with van der Waals surface area (Å²) < 4.78 is 33.6. The van der Waals surface area contributed by atoms with E-state index in [1.807, 2.05) is 74.5 Å². The van der Waals surface area contributed by atoms with Gasteiger partial charge in [0.2, 0.25) is 11.8 Å². The van der Waals surface area contributed by atoms with E-state index in [9.17, 15) is 19.2 Å². The molecule has 0 radical (unpaired) electrons. The Labute approximate surface area is 294 Å². The minimum absolute atomic E-state index is 0.101. The van der Waals surface area contributed by atoms with E-state index in [4.69, 9.17) is 28.4 Å². The van der Waals surface area contributed by atoms with E-state index in [0.717, 1.165) is 11.1 Å². The zero-order valence-corrected chi connectivity index (χ0v) is 29.2. The Morgan fingerprint density at radius 2 is 0.880 bits per heavy atom. The fourth-order valence-electron chi connectivity index (χ4n) is 4.94. The van der Waals surface area contributed by atoms with E-state index < -0.39 is 24.3 Å². The van der Waals surface area contributed by atoms with Gasteiger partial charge in [-0.25, -0.2) is 9.59 Å². The topological polar surface area (TPSA) is 154 Å². The molecule has 0 saturated carbocycles. The molecule has 0 bridgehead atoms. The van der Waals surface area contributed by atoms with Crippen molar-refractivity contribution in [3.8, 4) is 0 Å². The molecule has 1 heterocycles. The van der Waals surface area contributed by atoms with Gasteiger partial charge in [0.15, 0.2) is 0 Å². The SMILES string of the molecule is CCC(NC(=O)OCc1ccccc1)C(=O)N1CCOCCOCCN(C(=O)C(CC)NC(=O)OCc2ccccc2)CCOCCOCC1. The predicted molar refractivity (Wildman–Crippen MR) is 184 cm³/mol. The Balaban J connectivity index is 1.46. The van der Waals surface area contributed by atoms with Crippen molar-refractivity contribution in [2.45, 2.75) is 52.0 Å². The van der Waals surface area contributed by atoms with Gasteiger partial charge in [-0.2, -0.15) is 0 Å². The lowest BCUT2D eigenvalue weighted by molar-refractivity contribution is -0.136. The van der Waals surface area contributed by atoms with Crippen LogP contribution in [0.5, 0.6) is 0 Å². The molecule has 50 heavy (non-hydrogen) atoms. The number of carbonyl (C=O) groups is 4. The van der Waals surface area contributed by atoms with Crippen molar-refractivity contribution in [1.82, 2.24) is 20.4 Å². The van der Waals surface area contributed by atoms with Gasteiger partial charge >= 0.3 is 12.2 Å². The van der Waals surface area contributed by atoms with Crippen LogP contribution in [-0.4, -0.2) is 125 Å². The van der Waals surface area contributed by atoms with Crippen molar-refractivity contribution >= 4 is 24.0 Å². The van der Waals surface area contributed by atoms with Crippen LogP contribution in [0.4, 0.5) is 9.59 Å². The molecule has 4 amide bonds. The first kappa shape index (κ1) is 40.2. The minimum atomic E-state index is -0.768. The van der Waals surface area contributed by atoms with E-state index in [1.54, 1.807) is 9.80 Å². The molecule has 1 fully saturated rings. The molecule has 2 unspecified atom stereocenters. The highest BCUT2D eigenvalue weighted by Gasteiger charge is 2.26. The molecule has 0 aromatic heterocycles. The smallest absolute Gasteiger partial charge is 0.408 e. The summed E-state index contributed by atoms with van der Waals surface area (Å²) in [4.78, 5) is 54.9. The lowest BCUT2D eigenvalue weighted by Crippen LogP contribution is -2.50. The Morgan fingerprint density at radius 3 is 1.18 bits per heavy atom. The van der Waals surface area contributed by atoms with Crippen molar-refractivity contribution in [3.63, 3.8) is 0 Å². The molecule has 0 aliphatic carbocycles. The van der Waals surface area contributed by atoms with Gasteiger partial charge in [0, 0.05) is 26.2 Å². The van der Waals surface area contributed by atoms with Crippen LogP contribution in [0, 0.1) is 0 Å². The highest BCUT2D eigenvalue weighted by atomic mass is 16.6. The summed E-state index contributed by atoms with van der Waals surface area (Å²) in [5, 5.41) is 5.36. The first-order valence-corrected chi connectivity index (χ1v) is 17.2. The quantitative estimate of drug-likeness (QED) is 0.378. The maximum Gasteiger partial charge on any atom is 0.408 e. The number of nitrogens with one attached hydrogen (secondary N) is 2. The molecule has 0 spiro atoms. The number of carbonyl (C=O) groups excluding carboxylic acids is 4. The van der Waals surface area contributed by atoms with Crippen LogP contribution in [0.25, 0.3) is 0 Å². The predicted octanol–water partition coefficient (Wildman–Crippen LogP) is 3.13. The highest BCUT2D eigenvalue weighted by Crippen LogP contribution is 2.06.